The van der Waals surface area contributed by atoms with Crippen LogP contribution in [0.15, 0.2) is 24.3 Å². The summed E-state index contributed by atoms with van der Waals surface area (Å²) in [5.41, 5.74) is 1.41. The van der Waals surface area contributed by atoms with Crippen molar-refractivity contribution >= 4 is 5.97 Å². The number of carbonyl (C=O) groups excluding carboxylic acids is 1. The molecular formula is C16H24O3. The first-order valence-corrected chi connectivity index (χ1v) is 6.79. The molecule has 106 valence electrons. The van der Waals surface area contributed by atoms with Gasteiger partial charge in [0.15, 0.2) is 0 Å². The molecule has 1 aromatic rings. The summed E-state index contributed by atoms with van der Waals surface area (Å²) in [7, 11) is 1.62. The quantitative estimate of drug-likeness (QED) is 0.428. The molecule has 0 aliphatic rings. The molecule has 0 atom stereocenters. The van der Waals surface area contributed by atoms with Crippen molar-refractivity contribution in [1.82, 2.24) is 0 Å². The van der Waals surface area contributed by atoms with Crippen LogP contribution in [0, 0.1) is 0 Å². The standard InChI is InChI=1S/C16H24O3/c1-5-16(2,3)13-8-10-14(11-9-13)19-15(17)7-6-12-18-4/h8-11H,5-7,12H2,1-4H3. The number of hydrogen-bond acceptors (Lipinski definition) is 3. The van der Waals surface area contributed by atoms with Gasteiger partial charge in [-0.2, -0.15) is 0 Å². The van der Waals surface area contributed by atoms with E-state index < -0.39 is 0 Å². The summed E-state index contributed by atoms with van der Waals surface area (Å²) in [4.78, 5) is 11.5. The van der Waals surface area contributed by atoms with Gasteiger partial charge in [0.25, 0.3) is 0 Å². The molecular weight excluding hydrogens is 240 g/mol. The Kier molecular flexibility index (Phi) is 6.03. The highest BCUT2D eigenvalue weighted by molar-refractivity contribution is 5.72. The van der Waals surface area contributed by atoms with Crippen molar-refractivity contribution < 1.29 is 14.3 Å². The Morgan fingerprint density at radius 3 is 2.37 bits per heavy atom. The van der Waals surface area contributed by atoms with E-state index >= 15 is 0 Å². The molecule has 0 heterocycles. The normalized spacial score (nSPS) is 11.4. The fraction of sp³-hybridized carbons (Fsp3) is 0.562. The van der Waals surface area contributed by atoms with Crippen LogP contribution in [0.1, 0.15) is 45.6 Å². The van der Waals surface area contributed by atoms with E-state index in [-0.39, 0.29) is 11.4 Å². The van der Waals surface area contributed by atoms with Gasteiger partial charge in [0.1, 0.15) is 5.75 Å². The van der Waals surface area contributed by atoms with E-state index in [1.807, 2.05) is 24.3 Å². The van der Waals surface area contributed by atoms with Gasteiger partial charge in [-0.15, -0.1) is 0 Å². The summed E-state index contributed by atoms with van der Waals surface area (Å²) in [6, 6.07) is 7.78. The van der Waals surface area contributed by atoms with Crippen molar-refractivity contribution in [2.24, 2.45) is 0 Å². The van der Waals surface area contributed by atoms with Gasteiger partial charge < -0.3 is 9.47 Å². The number of hydrogen-bond donors (Lipinski definition) is 0. The monoisotopic (exact) mass is 264 g/mol. The predicted molar refractivity (Wildman–Crippen MR) is 76.5 cm³/mol. The average molecular weight is 264 g/mol. The fourth-order valence-corrected chi connectivity index (χ4v) is 1.72. The zero-order valence-electron chi connectivity index (χ0n) is 12.4. The summed E-state index contributed by atoms with van der Waals surface area (Å²) in [5, 5.41) is 0. The van der Waals surface area contributed by atoms with Crippen LogP contribution in [0.5, 0.6) is 5.75 Å². The topological polar surface area (TPSA) is 35.5 Å². The second-order valence-corrected chi connectivity index (χ2v) is 5.33. The number of rotatable bonds is 7. The van der Waals surface area contributed by atoms with Crippen molar-refractivity contribution in [3.63, 3.8) is 0 Å². The van der Waals surface area contributed by atoms with Crippen LogP contribution >= 0.6 is 0 Å². The SMILES string of the molecule is CCC(C)(C)c1ccc(OC(=O)CCCOC)cc1. The summed E-state index contributed by atoms with van der Waals surface area (Å²) in [6.07, 6.45) is 2.15. The molecule has 0 fully saturated rings. The molecule has 1 rings (SSSR count). The minimum atomic E-state index is -0.209. The zero-order chi connectivity index (χ0) is 14.3. The maximum absolute atomic E-state index is 11.5. The minimum Gasteiger partial charge on any atom is -0.427 e. The number of esters is 1. The highest BCUT2D eigenvalue weighted by Crippen LogP contribution is 2.28. The fourth-order valence-electron chi connectivity index (χ4n) is 1.72. The second kappa shape index (κ2) is 7.29. The Hall–Kier alpha value is -1.35. The molecule has 1 aromatic carbocycles. The van der Waals surface area contributed by atoms with E-state index in [4.69, 9.17) is 9.47 Å². The zero-order valence-corrected chi connectivity index (χ0v) is 12.4. The largest absolute Gasteiger partial charge is 0.427 e. The van der Waals surface area contributed by atoms with Crippen molar-refractivity contribution in [1.29, 1.82) is 0 Å². The van der Waals surface area contributed by atoms with E-state index in [1.54, 1.807) is 7.11 Å². The van der Waals surface area contributed by atoms with Crippen molar-refractivity contribution in [2.75, 3.05) is 13.7 Å². The summed E-state index contributed by atoms with van der Waals surface area (Å²) < 4.78 is 10.2. The van der Waals surface area contributed by atoms with Crippen LogP contribution in [0.2, 0.25) is 0 Å². The van der Waals surface area contributed by atoms with Crippen LogP contribution in [0.3, 0.4) is 0 Å². The van der Waals surface area contributed by atoms with E-state index in [2.05, 4.69) is 20.8 Å². The minimum absolute atomic E-state index is 0.154. The molecule has 0 aliphatic heterocycles. The molecule has 3 nitrogen and oxygen atoms in total. The number of methoxy groups -OCH3 is 1. The third-order valence-corrected chi connectivity index (χ3v) is 3.48. The van der Waals surface area contributed by atoms with Crippen molar-refractivity contribution in [3.05, 3.63) is 29.8 Å². The molecule has 3 heteroatoms. The first kappa shape index (κ1) is 15.7. The van der Waals surface area contributed by atoms with Gasteiger partial charge in [0.2, 0.25) is 0 Å². The van der Waals surface area contributed by atoms with Gasteiger partial charge in [-0.1, -0.05) is 32.9 Å². The summed E-state index contributed by atoms with van der Waals surface area (Å²) >= 11 is 0. The Labute approximate surface area is 115 Å². The third-order valence-electron chi connectivity index (χ3n) is 3.48. The Morgan fingerprint density at radius 2 is 1.84 bits per heavy atom. The number of benzene rings is 1. The van der Waals surface area contributed by atoms with Gasteiger partial charge in [-0.05, 0) is 36.0 Å². The molecule has 19 heavy (non-hydrogen) atoms. The first-order chi connectivity index (χ1) is 8.99. The van der Waals surface area contributed by atoms with Crippen molar-refractivity contribution in [3.8, 4) is 5.75 Å². The molecule has 0 spiro atoms. The van der Waals surface area contributed by atoms with Crippen LogP contribution < -0.4 is 4.74 Å². The smallest absolute Gasteiger partial charge is 0.311 e. The molecule has 0 saturated carbocycles. The Morgan fingerprint density at radius 1 is 1.21 bits per heavy atom. The predicted octanol–water partition coefficient (Wildman–Crippen LogP) is 3.71. The van der Waals surface area contributed by atoms with E-state index in [0.717, 1.165) is 6.42 Å². The average Bonchev–Trinajstić information content (AvgIpc) is 2.39. The second-order valence-electron chi connectivity index (χ2n) is 5.33. The first-order valence-electron chi connectivity index (χ1n) is 6.79. The van der Waals surface area contributed by atoms with Crippen LogP contribution in [0.25, 0.3) is 0 Å². The van der Waals surface area contributed by atoms with E-state index in [0.29, 0.717) is 25.2 Å². The molecule has 0 radical (unpaired) electrons. The highest BCUT2D eigenvalue weighted by Gasteiger charge is 2.17. The van der Waals surface area contributed by atoms with Crippen LogP contribution in [-0.2, 0) is 14.9 Å². The maximum atomic E-state index is 11.5. The third kappa shape index (κ3) is 5.03. The lowest BCUT2D eigenvalue weighted by Crippen LogP contribution is -2.15. The summed E-state index contributed by atoms with van der Waals surface area (Å²) in [5.74, 6) is 0.401. The lowest BCUT2D eigenvalue weighted by Gasteiger charge is -2.23. The molecule has 0 bridgehead atoms. The van der Waals surface area contributed by atoms with Gasteiger partial charge in [0.05, 0.1) is 0 Å². The Balaban J connectivity index is 2.55. The number of carbonyl (C=O) groups is 1. The molecule has 0 amide bonds. The van der Waals surface area contributed by atoms with Crippen molar-refractivity contribution in [2.45, 2.75) is 45.4 Å². The van der Waals surface area contributed by atoms with E-state index in [9.17, 15) is 4.79 Å². The Bertz CT molecular complexity index is 393. The van der Waals surface area contributed by atoms with E-state index in [1.165, 1.54) is 5.56 Å². The molecule has 0 unspecified atom stereocenters. The highest BCUT2D eigenvalue weighted by atomic mass is 16.5. The molecule has 0 aliphatic carbocycles. The molecule has 0 saturated heterocycles. The van der Waals surface area contributed by atoms with Gasteiger partial charge in [0, 0.05) is 20.1 Å². The van der Waals surface area contributed by atoms with Gasteiger partial charge >= 0.3 is 5.97 Å². The van der Waals surface area contributed by atoms with Gasteiger partial charge in [-0.25, -0.2) is 0 Å². The molecule has 0 aromatic heterocycles. The van der Waals surface area contributed by atoms with Crippen LogP contribution in [-0.4, -0.2) is 19.7 Å². The maximum Gasteiger partial charge on any atom is 0.311 e. The van der Waals surface area contributed by atoms with Crippen LogP contribution in [0.4, 0.5) is 0 Å². The van der Waals surface area contributed by atoms with Gasteiger partial charge in [-0.3, -0.25) is 4.79 Å². The summed E-state index contributed by atoms with van der Waals surface area (Å²) in [6.45, 7) is 7.17. The number of ether oxygens (including phenoxy) is 2. The lowest BCUT2D eigenvalue weighted by molar-refractivity contribution is -0.134. The molecule has 0 N–H and O–H groups in total. The lowest BCUT2D eigenvalue weighted by atomic mass is 9.82.